The zero-order chi connectivity index (χ0) is 14.9. The predicted octanol–water partition coefficient (Wildman–Crippen LogP) is 2.58. The van der Waals surface area contributed by atoms with Crippen molar-refractivity contribution in [2.75, 3.05) is 0 Å². The number of nitrogens with zero attached hydrogens (tertiary/aromatic N) is 2. The van der Waals surface area contributed by atoms with Crippen LogP contribution >= 0.6 is 0 Å². The molecule has 1 aromatic heterocycles. The van der Waals surface area contributed by atoms with E-state index in [0.29, 0.717) is 25.7 Å². The van der Waals surface area contributed by atoms with Crippen molar-refractivity contribution in [2.24, 2.45) is 0 Å². The van der Waals surface area contributed by atoms with Gasteiger partial charge in [-0.05, 0) is 43.2 Å². The van der Waals surface area contributed by atoms with Gasteiger partial charge in [0.1, 0.15) is 11.0 Å². The Balaban J connectivity index is 2.81. The number of aryl methyl sites for hydroxylation is 1. The second-order valence-corrected chi connectivity index (χ2v) is 7.28. The molecule has 1 fully saturated rings. The number of sulfone groups is 1. The van der Waals surface area contributed by atoms with E-state index in [9.17, 15) is 13.7 Å². The van der Waals surface area contributed by atoms with Crippen LogP contribution in [0.25, 0.3) is 0 Å². The first-order valence-corrected chi connectivity index (χ1v) is 8.74. The van der Waals surface area contributed by atoms with E-state index in [-0.39, 0.29) is 15.8 Å². The lowest BCUT2D eigenvalue weighted by Gasteiger charge is -2.17. The van der Waals surface area contributed by atoms with Gasteiger partial charge in [-0.15, -0.1) is 0 Å². The lowest BCUT2D eigenvalue weighted by Crippen LogP contribution is -2.17. The van der Waals surface area contributed by atoms with E-state index in [1.54, 1.807) is 0 Å². The fourth-order valence-electron chi connectivity index (χ4n) is 2.72. The highest BCUT2D eigenvalue weighted by molar-refractivity contribution is 7.92. The van der Waals surface area contributed by atoms with E-state index in [1.165, 1.54) is 0 Å². The van der Waals surface area contributed by atoms with Crippen LogP contribution in [0.1, 0.15) is 56.1 Å². The fourth-order valence-corrected chi connectivity index (χ4v) is 4.78. The Bertz CT molecular complexity index is 668. The van der Waals surface area contributed by atoms with Crippen LogP contribution in [-0.4, -0.2) is 18.7 Å². The normalized spacial score (nSPS) is 15.1. The topological polar surface area (TPSA) is 70.8 Å². The average molecular weight is 292 g/mol. The number of rotatable bonds is 5. The Labute approximate surface area is 120 Å². The SMILES string of the molecule is CCc1nc(C#N)c(S(=O)(=O)C2CC2)c(CC)c1CC. The molecule has 20 heavy (non-hydrogen) atoms. The molecule has 0 spiro atoms. The number of hydrogen-bond acceptors (Lipinski definition) is 4. The maximum absolute atomic E-state index is 12.6. The van der Waals surface area contributed by atoms with Gasteiger partial charge in [0.25, 0.3) is 0 Å². The molecular formula is C15H20N2O2S. The van der Waals surface area contributed by atoms with Crippen molar-refractivity contribution >= 4 is 9.84 Å². The van der Waals surface area contributed by atoms with Crippen molar-refractivity contribution in [3.8, 4) is 6.07 Å². The molecule has 5 heteroatoms. The van der Waals surface area contributed by atoms with Crippen LogP contribution in [-0.2, 0) is 29.1 Å². The zero-order valence-corrected chi connectivity index (χ0v) is 13.0. The van der Waals surface area contributed by atoms with E-state index >= 15 is 0 Å². The van der Waals surface area contributed by atoms with Gasteiger partial charge in [-0.1, -0.05) is 20.8 Å². The van der Waals surface area contributed by atoms with Crippen LogP contribution in [0.15, 0.2) is 4.90 Å². The monoisotopic (exact) mass is 292 g/mol. The summed E-state index contributed by atoms with van der Waals surface area (Å²) in [5.74, 6) is 0. The van der Waals surface area contributed by atoms with E-state index in [2.05, 4.69) is 4.98 Å². The Kier molecular flexibility index (Phi) is 4.14. The minimum atomic E-state index is -3.39. The number of pyridine rings is 1. The van der Waals surface area contributed by atoms with Crippen LogP contribution < -0.4 is 0 Å². The lowest BCUT2D eigenvalue weighted by molar-refractivity contribution is 0.592. The Morgan fingerprint density at radius 2 is 1.75 bits per heavy atom. The summed E-state index contributed by atoms with van der Waals surface area (Å²) in [6, 6.07) is 1.99. The van der Waals surface area contributed by atoms with Gasteiger partial charge in [0.05, 0.1) is 5.25 Å². The van der Waals surface area contributed by atoms with E-state index in [1.807, 2.05) is 26.8 Å². The summed E-state index contributed by atoms with van der Waals surface area (Å²) in [5, 5.41) is 9.00. The molecule has 0 bridgehead atoms. The van der Waals surface area contributed by atoms with Crippen molar-refractivity contribution in [1.29, 1.82) is 5.26 Å². The van der Waals surface area contributed by atoms with Gasteiger partial charge < -0.3 is 0 Å². The van der Waals surface area contributed by atoms with E-state index < -0.39 is 9.84 Å². The smallest absolute Gasteiger partial charge is 0.184 e. The zero-order valence-electron chi connectivity index (χ0n) is 12.2. The minimum Gasteiger partial charge on any atom is -0.240 e. The van der Waals surface area contributed by atoms with Gasteiger partial charge in [-0.25, -0.2) is 13.4 Å². The molecule has 1 aromatic rings. The number of aromatic nitrogens is 1. The molecule has 0 N–H and O–H groups in total. The predicted molar refractivity (Wildman–Crippen MR) is 77.3 cm³/mol. The van der Waals surface area contributed by atoms with Crippen molar-refractivity contribution in [1.82, 2.24) is 4.98 Å². The van der Waals surface area contributed by atoms with E-state index in [4.69, 9.17) is 0 Å². The summed E-state index contributed by atoms with van der Waals surface area (Å²) in [7, 11) is -3.39. The third-order valence-corrected chi connectivity index (χ3v) is 6.20. The molecule has 0 atom stereocenters. The highest BCUT2D eigenvalue weighted by Gasteiger charge is 2.40. The summed E-state index contributed by atoms with van der Waals surface area (Å²) in [6.45, 7) is 5.94. The largest absolute Gasteiger partial charge is 0.240 e. The summed E-state index contributed by atoms with van der Waals surface area (Å²) in [6.07, 6.45) is 3.49. The van der Waals surface area contributed by atoms with Crippen LogP contribution in [0, 0.1) is 11.3 Å². The summed E-state index contributed by atoms with van der Waals surface area (Å²) in [4.78, 5) is 4.53. The van der Waals surface area contributed by atoms with Gasteiger partial charge in [0.15, 0.2) is 15.5 Å². The molecule has 0 radical (unpaired) electrons. The maximum atomic E-state index is 12.6. The molecular weight excluding hydrogens is 272 g/mol. The first-order valence-electron chi connectivity index (χ1n) is 7.19. The number of hydrogen-bond donors (Lipinski definition) is 0. The summed E-state index contributed by atoms with van der Waals surface area (Å²) >= 11 is 0. The van der Waals surface area contributed by atoms with Crippen LogP contribution in [0.5, 0.6) is 0 Å². The average Bonchev–Trinajstić information content (AvgIpc) is 3.29. The van der Waals surface area contributed by atoms with Crippen LogP contribution in [0.2, 0.25) is 0 Å². The number of nitriles is 1. The summed E-state index contributed by atoms with van der Waals surface area (Å²) in [5.41, 5.74) is 2.76. The molecule has 0 aliphatic heterocycles. The van der Waals surface area contributed by atoms with Gasteiger partial charge in [0.2, 0.25) is 0 Å². The quantitative estimate of drug-likeness (QED) is 0.836. The van der Waals surface area contributed by atoms with Gasteiger partial charge in [-0.3, -0.25) is 0 Å². The second kappa shape index (κ2) is 5.53. The lowest BCUT2D eigenvalue weighted by atomic mass is 9.99. The Morgan fingerprint density at radius 1 is 1.15 bits per heavy atom. The summed E-state index contributed by atoms with van der Waals surface area (Å²) < 4.78 is 25.3. The Hall–Kier alpha value is -1.41. The first kappa shape index (κ1) is 15.0. The molecule has 0 aromatic carbocycles. The maximum Gasteiger partial charge on any atom is 0.184 e. The Morgan fingerprint density at radius 3 is 2.15 bits per heavy atom. The molecule has 2 rings (SSSR count). The third-order valence-electron chi connectivity index (χ3n) is 3.84. The molecule has 1 heterocycles. The first-order chi connectivity index (χ1) is 9.51. The highest BCUT2D eigenvalue weighted by Crippen LogP contribution is 2.37. The molecule has 4 nitrogen and oxygen atoms in total. The molecule has 1 aliphatic carbocycles. The molecule has 1 saturated carbocycles. The third kappa shape index (κ3) is 2.33. The fraction of sp³-hybridized carbons (Fsp3) is 0.600. The van der Waals surface area contributed by atoms with Crippen molar-refractivity contribution in [2.45, 2.75) is 63.0 Å². The molecule has 0 amide bonds. The molecule has 0 unspecified atom stereocenters. The van der Waals surface area contributed by atoms with Crippen LogP contribution in [0.3, 0.4) is 0 Å². The molecule has 0 saturated heterocycles. The van der Waals surface area contributed by atoms with E-state index in [0.717, 1.165) is 23.2 Å². The molecule has 108 valence electrons. The van der Waals surface area contributed by atoms with Crippen LogP contribution in [0.4, 0.5) is 0 Å². The van der Waals surface area contributed by atoms with Gasteiger partial charge in [0, 0.05) is 5.69 Å². The van der Waals surface area contributed by atoms with Gasteiger partial charge >= 0.3 is 0 Å². The molecule has 1 aliphatic rings. The second-order valence-electron chi connectivity index (χ2n) is 5.11. The van der Waals surface area contributed by atoms with Crippen molar-refractivity contribution in [3.05, 3.63) is 22.5 Å². The van der Waals surface area contributed by atoms with Crippen molar-refractivity contribution < 1.29 is 8.42 Å². The minimum absolute atomic E-state index is 0.0859. The standard InChI is InChI=1S/C15H20N2O2S/c1-4-11-12(5-2)15(20(18,19)10-7-8-10)14(9-16)17-13(11)6-3/h10H,4-8H2,1-3H3. The highest BCUT2D eigenvalue weighted by atomic mass is 32.2. The van der Waals surface area contributed by atoms with Gasteiger partial charge in [-0.2, -0.15) is 5.26 Å². The van der Waals surface area contributed by atoms with Crippen molar-refractivity contribution in [3.63, 3.8) is 0 Å².